The minimum Gasteiger partial charge on any atom is -0.406 e. The molecule has 0 saturated carbocycles. The van der Waals surface area contributed by atoms with Crippen molar-refractivity contribution in [3.63, 3.8) is 0 Å². The SMILES string of the molecule is C=CCC[C@H](N)CO[Si](c1ccccc1)(c1ccccc1)C(C)(C)C. The van der Waals surface area contributed by atoms with Crippen LogP contribution in [0.25, 0.3) is 0 Å². The van der Waals surface area contributed by atoms with E-state index in [0.29, 0.717) is 6.61 Å². The van der Waals surface area contributed by atoms with E-state index in [-0.39, 0.29) is 11.1 Å². The van der Waals surface area contributed by atoms with E-state index in [1.807, 2.05) is 6.08 Å². The molecule has 2 aromatic carbocycles. The van der Waals surface area contributed by atoms with Crippen molar-refractivity contribution in [1.29, 1.82) is 0 Å². The Hall–Kier alpha value is -1.68. The van der Waals surface area contributed by atoms with E-state index in [9.17, 15) is 0 Å². The first-order valence-corrected chi connectivity index (χ1v) is 10.9. The summed E-state index contributed by atoms with van der Waals surface area (Å²) in [5.41, 5.74) is 6.32. The van der Waals surface area contributed by atoms with Crippen LogP contribution in [0.3, 0.4) is 0 Å². The summed E-state index contributed by atoms with van der Waals surface area (Å²) in [6.07, 6.45) is 3.75. The maximum atomic E-state index is 6.80. The molecule has 0 bridgehead atoms. The molecule has 0 radical (unpaired) electrons. The zero-order valence-electron chi connectivity index (χ0n) is 15.7. The molecule has 0 spiro atoms. The normalized spacial score (nSPS) is 13.4. The minimum absolute atomic E-state index is 0.00609. The van der Waals surface area contributed by atoms with Crippen LogP contribution in [-0.4, -0.2) is 21.0 Å². The Balaban J connectivity index is 2.47. The lowest BCUT2D eigenvalue weighted by Gasteiger charge is -2.43. The fourth-order valence-electron chi connectivity index (χ4n) is 3.41. The summed E-state index contributed by atoms with van der Waals surface area (Å²) in [6, 6.07) is 21.4. The van der Waals surface area contributed by atoms with Gasteiger partial charge in [-0.15, -0.1) is 6.58 Å². The zero-order valence-corrected chi connectivity index (χ0v) is 16.7. The topological polar surface area (TPSA) is 35.2 Å². The number of benzene rings is 2. The summed E-state index contributed by atoms with van der Waals surface area (Å²) in [7, 11) is -2.46. The summed E-state index contributed by atoms with van der Waals surface area (Å²) in [5.74, 6) is 0. The van der Waals surface area contributed by atoms with Gasteiger partial charge in [-0.3, -0.25) is 0 Å². The molecule has 0 fully saturated rings. The summed E-state index contributed by atoms with van der Waals surface area (Å²) in [5, 5.41) is 2.59. The van der Waals surface area contributed by atoms with Crippen LogP contribution < -0.4 is 16.1 Å². The molecule has 2 rings (SSSR count). The lowest BCUT2D eigenvalue weighted by Crippen LogP contribution is -2.67. The average Bonchev–Trinajstić information content (AvgIpc) is 2.61. The van der Waals surface area contributed by atoms with Crippen LogP contribution in [0.1, 0.15) is 33.6 Å². The molecular formula is C22H31NOSi. The third-order valence-electron chi connectivity index (χ3n) is 4.67. The molecular weight excluding hydrogens is 322 g/mol. The minimum atomic E-state index is -2.46. The molecule has 0 aliphatic heterocycles. The van der Waals surface area contributed by atoms with Gasteiger partial charge in [0.05, 0.1) is 0 Å². The van der Waals surface area contributed by atoms with Crippen molar-refractivity contribution in [2.24, 2.45) is 5.73 Å². The van der Waals surface area contributed by atoms with Crippen molar-refractivity contribution < 1.29 is 4.43 Å². The van der Waals surface area contributed by atoms with Gasteiger partial charge < -0.3 is 10.2 Å². The highest BCUT2D eigenvalue weighted by Gasteiger charge is 2.50. The Kier molecular flexibility index (Phi) is 6.76. The molecule has 0 unspecified atom stereocenters. The second kappa shape index (κ2) is 8.61. The third-order valence-corrected chi connectivity index (χ3v) is 9.68. The van der Waals surface area contributed by atoms with Gasteiger partial charge in [-0.2, -0.15) is 0 Å². The molecule has 134 valence electrons. The van der Waals surface area contributed by atoms with Gasteiger partial charge in [-0.05, 0) is 28.3 Å². The molecule has 3 heteroatoms. The molecule has 0 saturated heterocycles. The highest BCUT2D eigenvalue weighted by atomic mass is 28.4. The Bertz CT molecular complexity index is 609. The maximum Gasteiger partial charge on any atom is 0.261 e. The summed E-state index contributed by atoms with van der Waals surface area (Å²) >= 11 is 0. The van der Waals surface area contributed by atoms with Gasteiger partial charge in [0.15, 0.2) is 0 Å². The molecule has 0 heterocycles. The van der Waals surface area contributed by atoms with Crippen LogP contribution in [0.2, 0.25) is 5.04 Å². The Morgan fingerprint density at radius 1 is 1.00 bits per heavy atom. The van der Waals surface area contributed by atoms with Crippen LogP contribution in [0.4, 0.5) is 0 Å². The monoisotopic (exact) mass is 353 g/mol. The van der Waals surface area contributed by atoms with Gasteiger partial charge in [0, 0.05) is 12.6 Å². The van der Waals surface area contributed by atoms with Crippen molar-refractivity contribution in [3.05, 3.63) is 73.3 Å². The number of allylic oxidation sites excluding steroid dienone is 1. The summed E-state index contributed by atoms with van der Waals surface area (Å²) in [6.45, 7) is 11.2. The van der Waals surface area contributed by atoms with Crippen molar-refractivity contribution in [3.8, 4) is 0 Å². The number of hydrogen-bond donors (Lipinski definition) is 1. The maximum absolute atomic E-state index is 6.80. The predicted octanol–water partition coefficient (Wildman–Crippen LogP) is 3.86. The fraction of sp³-hybridized carbons (Fsp3) is 0.364. The molecule has 0 aliphatic rings. The second-order valence-electron chi connectivity index (χ2n) is 7.60. The molecule has 0 aromatic heterocycles. The second-order valence-corrected chi connectivity index (χ2v) is 11.9. The zero-order chi connectivity index (χ0) is 18.3. The highest BCUT2D eigenvalue weighted by Crippen LogP contribution is 2.36. The summed E-state index contributed by atoms with van der Waals surface area (Å²) in [4.78, 5) is 0. The lowest BCUT2D eigenvalue weighted by molar-refractivity contribution is 0.266. The smallest absolute Gasteiger partial charge is 0.261 e. The van der Waals surface area contributed by atoms with Gasteiger partial charge in [-0.25, -0.2) is 0 Å². The van der Waals surface area contributed by atoms with Gasteiger partial charge in [0.25, 0.3) is 8.32 Å². The first-order chi connectivity index (χ1) is 11.9. The van der Waals surface area contributed by atoms with E-state index in [1.165, 1.54) is 10.4 Å². The van der Waals surface area contributed by atoms with Crippen LogP contribution in [0.5, 0.6) is 0 Å². The van der Waals surface area contributed by atoms with E-state index in [1.54, 1.807) is 0 Å². The van der Waals surface area contributed by atoms with E-state index in [4.69, 9.17) is 10.2 Å². The first-order valence-electron chi connectivity index (χ1n) is 9.03. The third kappa shape index (κ3) is 4.49. The van der Waals surface area contributed by atoms with Gasteiger partial charge in [0.1, 0.15) is 0 Å². The molecule has 2 nitrogen and oxygen atoms in total. The standard InChI is InChI=1S/C22H31NOSi/c1-5-6-13-19(23)18-24-25(22(2,3)4,20-14-9-7-10-15-20)21-16-11-8-12-17-21/h5,7-12,14-17,19H,1,6,13,18,23H2,2-4H3/t19-/m0/s1. The van der Waals surface area contributed by atoms with Gasteiger partial charge in [-0.1, -0.05) is 87.5 Å². The number of nitrogens with two attached hydrogens (primary N) is 1. The molecule has 1 atom stereocenters. The van der Waals surface area contributed by atoms with Crippen molar-refractivity contribution in [2.75, 3.05) is 6.61 Å². The Morgan fingerprint density at radius 2 is 1.48 bits per heavy atom. The van der Waals surface area contributed by atoms with Crippen LogP contribution in [0, 0.1) is 0 Å². The molecule has 2 aromatic rings. The van der Waals surface area contributed by atoms with Crippen molar-refractivity contribution >= 4 is 18.7 Å². The van der Waals surface area contributed by atoms with Crippen molar-refractivity contribution in [2.45, 2.75) is 44.7 Å². The predicted molar refractivity (Wildman–Crippen MR) is 111 cm³/mol. The average molecular weight is 354 g/mol. The summed E-state index contributed by atoms with van der Waals surface area (Å²) < 4.78 is 6.80. The molecule has 2 N–H and O–H groups in total. The fourth-order valence-corrected chi connectivity index (χ4v) is 8.03. The van der Waals surface area contributed by atoms with Gasteiger partial charge in [0.2, 0.25) is 0 Å². The molecule has 0 aliphatic carbocycles. The Morgan fingerprint density at radius 3 is 1.88 bits per heavy atom. The largest absolute Gasteiger partial charge is 0.406 e. The van der Waals surface area contributed by atoms with E-state index in [2.05, 4.69) is 88.0 Å². The molecule has 0 amide bonds. The highest BCUT2D eigenvalue weighted by molar-refractivity contribution is 6.99. The Labute approximate surface area is 153 Å². The first kappa shape index (κ1) is 19.6. The van der Waals surface area contributed by atoms with Gasteiger partial charge >= 0.3 is 0 Å². The van der Waals surface area contributed by atoms with Crippen molar-refractivity contribution in [1.82, 2.24) is 0 Å². The van der Waals surface area contributed by atoms with Crippen LogP contribution in [0.15, 0.2) is 73.3 Å². The number of rotatable bonds is 8. The van der Waals surface area contributed by atoms with E-state index >= 15 is 0 Å². The van der Waals surface area contributed by atoms with E-state index in [0.717, 1.165) is 12.8 Å². The number of hydrogen-bond acceptors (Lipinski definition) is 2. The van der Waals surface area contributed by atoms with Crippen LogP contribution in [-0.2, 0) is 4.43 Å². The van der Waals surface area contributed by atoms with Crippen LogP contribution >= 0.6 is 0 Å². The van der Waals surface area contributed by atoms with E-state index < -0.39 is 8.32 Å². The molecule has 25 heavy (non-hydrogen) atoms. The quantitative estimate of drug-likeness (QED) is 0.578. The lowest BCUT2D eigenvalue weighted by atomic mass is 10.2.